The Morgan fingerprint density at radius 2 is 1.53 bits per heavy atom. The minimum atomic E-state index is -1.08. The van der Waals surface area contributed by atoms with Crippen LogP contribution < -0.4 is 20.3 Å². The van der Waals surface area contributed by atoms with Crippen LogP contribution in [0.1, 0.15) is 61.8 Å². The largest absolute Gasteiger partial charge is 0.484 e. The van der Waals surface area contributed by atoms with Crippen molar-refractivity contribution in [2.75, 3.05) is 23.8 Å². The summed E-state index contributed by atoms with van der Waals surface area (Å²) in [6.45, 7) is -0.714. The normalized spacial score (nSPS) is 19.0. The van der Waals surface area contributed by atoms with Crippen LogP contribution >= 0.6 is 35.0 Å². The lowest BCUT2D eigenvalue weighted by molar-refractivity contribution is -0.142. The van der Waals surface area contributed by atoms with E-state index in [9.17, 15) is 29.4 Å². The van der Waals surface area contributed by atoms with Crippen LogP contribution in [-0.4, -0.2) is 64.1 Å². The number of nitrogens with one attached hydrogen (secondary N) is 2. The second-order valence-electron chi connectivity index (χ2n) is 12.3. The van der Waals surface area contributed by atoms with Gasteiger partial charge in [0.1, 0.15) is 17.0 Å². The average Bonchev–Trinajstić information content (AvgIpc) is 3.10. The summed E-state index contributed by atoms with van der Waals surface area (Å²) in [5, 5.41) is 26.0. The lowest BCUT2D eigenvalue weighted by Gasteiger charge is -2.47. The first kappa shape index (κ1) is 36.5. The highest BCUT2D eigenvalue weighted by molar-refractivity contribution is 8.00. The molecule has 0 radical (unpaired) electrons. The Kier molecular flexibility index (Phi) is 12.9. The van der Waals surface area contributed by atoms with Gasteiger partial charge in [-0.25, -0.2) is 4.79 Å². The second-order valence-corrected chi connectivity index (χ2v) is 14.3. The molecule has 13 heteroatoms. The van der Waals surface area contributed by atoms with E-state index in [0.29, 0.717) is 39.2 Å². The van der Waals surface area contributed by atoms with Crippen molar-refractivity contribution in [3.63, 3.8) is 0 Å². The van der Waals surface area contributed by atoms with Crippen LogP contribution in [0.2, 0.25) is 10.0 Å². The van der Waals surface area contributed by atoms with Crippen molar-refractivity contribution in [2.24, 2.45) is 5.92 Å². The zero-order valence-electron chi connectivity index (χ0n) is 26.7. The summed E-state index contributed by atoms with van der Waals surface area (Å²) < 4.78 is 5.63. The van der Waals surface area contributed by atoms with Gasteiger partial charge in [-0.05, 0) is 72.0 Å². The fourth-order valence-corrected chi connectivity index (χ4v) is 7.73. The first-order valence-electron chi connectivity index (χ1n) is 16.2. The molecule has 2 aliphatic rings. The number of carbonyl (C=O) groups excluding carboxylic acids is 3. The van der Waals surface area contributed by atoms with Crippen LogP contribution in [0, 0.1) is 5.92 Å². The number of amides is 3. The highest BCUT2D eigenvalue weighted by Crippen LogP contribution is 2.46. The van der Waals surface area contributed by atoms with Gasteiger partial charge < -0.3 is 30.5 Å². The van der Waals surface area contributed by atoms with E-state index in [-0.39, 0.29) is 31.0 Å². The molecule has 2 unspecified atom stereocenters. The molecule has 260 valence electrons. The van der Waals surface area contributed by atoms with E-state index >= 15 is 0 Å². The first-order chi connectivity index (χ1) is 23.6. The van der Waals surface area contributed by atoms with Crippen LogP contribution in [0.4, 0.5) is 5.69 Å². The lowest BCUT2D eigenvalue weighted by Crippen LogP contribution is -2.57. The number of benzene rings is 3. The molecule has 0 bridgehead atoms. The number of β-lactam (4-membered cyclic amide) rings is 1. The van der Waals surface area contributed by atoms with Gasteiger partial charge in [-0.3, -0.25) is 14.4 Å². The van der Waals surface area contributed by atoms with Crippen molar-refractivity contribution < 1.29 is 34.1 Å². The van der Waals surface area contributed by atoms with E-state index in [1.165, 1.54) is 11.8 Å². The van der Waals surface area contributed by atoms with Gasteiger partial charge in [0.25, 0.3) is 5.91 Å². The Morgan fingerprint density at radius 3 is 2.16 bits per heavy atom. The van der Waals surface area contributed by atoms with E-state index in [4.69, 9.17) is 27.9 Å². The molecule has 1 saturated heterocycles. The summed E-state index contributed by atoms with van der Waals surface area (Å²) in [5.74, 6) is -1.30. The molecule has 1 aliphatic heterocycles. The molecule has 2 fully saturated rings. The number of halogens is 2. The molecule has 0 aromatic heterocycles. The first-order valence-corrected chi connectivity index (χ1v) is 18.0. The summed E-state index contributed by atoms with van der Waals surface area (Å²) in [7, 11) is 0. The maximum absolute atomic E-state index is 13.4. The number of hydrogen-bond acceptors (Lipinski definition) is 7. The van der Waals surface area contributed by atoms with Crippen molar-refractivity contribution >= 4 is 64.3 Å². The van der Waals surface area contributed by atoms with Crippen LogP contribution in [0.5, 0.6) is 5.75 Å². The smallest absolute Gasteiger partial charge is 0.326 e. The number of carboxylic acid groups (broad SMARTS) is 1. The molecule has 1 saturated carbocycles. The number of carbonyl (C=O) groups is 4. The van der Waals surface area contributed by atoms with Gasteiger partial charge in [-0.15, -0.1) is 11.8 Å². The Balaban J connectivity index is 1.15. The topological polar surface area (TPSA) is 145 Å². The van der Waals surface area contributed by atoms with Gasteiger partial charge in [0.2, 0.25) is 11.8 Å². The average molecular weight is 729 g/mol. The number of hydrogen-bond donors (Lipinski definition) is 4. The minimum Gasteiger partial charge on any atom is -0.484 e. The number of aliphatic hydroxyl groups excluding tert-OH is 1. The fraction of sp³-hybridized carbons (Fsp3) is 0.389. The molecule has 3 aromatic rings. The molecule has 10 nitrogen and oxygen atoms in total. The quantitative estimate of drug-likeness (QED) is 0.141. The molecule has 0 spiro atoms. The van der Waals surface area contributed by atoms with Crippen LogP contribution in [-0.2, 0) is 19.2 Å². The predicted octanol–water partition coefficient (Wildman–Crippen LogP) is 5.95. The van der Waals surface area contributed by atoms with E-state index < -0.39 is 35.2 Å². The molecule has 49 heavy (non-hydrogen) atoms. The maximum atomic E-state index is 13.4. The lowest BCUT2D eigenvalue weighted by atomic mass is 9.85. The maximum Gasteiger partial charge on any atom is 0.326 e. The molecule has 4 atom stereocenters. The monoisotopic (exact) mass is 727 g/mol. The molecule has 1 heterocycles. The SMILES string of the molecule is O=C(COc1ccc(C2[C@@H](SCC(O)c3ccc(Cl)cc3)C(=O)N2c2ccc(Cl)cc2)cc1)NCC(=O)N[C@H](CC1CCCCC1)C(=O)O. The zero-order chi connectivity index (χ0) is 34.9. The number of thioether (sulfide) groups is 1. The highest BCUT2D eigenvalue weighted by Gasteiger charge is 2.49. The van der Waals surface area contributed by atoms with E-state index in [1.54, 1.807) is 65.6 Å². The number of nitrogens with zero attached hydrogens (tertiary/aromatic N) is 1. The van der Waals surface area contributed by atoms with Gasteiger partial charge in [0.15, 0.2) is 6.61 Å². The van der Waals surface area contributed by atoms with E-state index in [0.717, 1.165) is 37.7 Å². The number of anilines is 1. The Hall–Kier alpha value is -3.77. The molecular formula is C36H39Cl2N3O7S. The standard InChI is InChI=1S/C36H39Cl2N3O7S/c37-25-10-6-23(7-11-25)30(42)21-49-34-33(41(35(34)45)27-14-12-26(38)13-15-27)24-8-16-28(17-9-24)48-20-32(44)39-19-31(43)40-29(36(46)47)18-22-4-2-1-3-5-22/h6-17,22,29-30,33-34,42H,1-5,18-21H2,(H,39,44)(H,40,43)(H,46,47)/t29-,30?,33?,34-/m1/s1. The summed E-state index contributed by atoms with van der Waals surface area (Å²) in [6, 6.07) is 19.7. The second kappa shape index (κ2) is 17.2. The number of rotatable bonds is 15. The minimum absolute atomic E-state index is 0.0923. The number of ether oxygens (including phenoxy) is 1. The molecular weight excluding hydrogens is 689 g/mol. The summed E-state index contributed by atoms with van der Waals surface area (Å²) >= 11 is 13.4. The van der Waals surface area contributed by atoms with Gasteiger partial charge in [0, 0.05) is 21.5 Å². The van der Waals surface area contributed by atoms with Crippen molar-refractivity contribution in [2.45, 2.75) is 62.0 Å². The third-order valence-electron chi connectivity index (χ3n) is 8.80. The Bertz CT molecular complexity index is 1600. The third kappa shape index (κ3) is 9.91. The number of aliphatic hydroxyl groups is 1. The number of aliphatic carboxylic acids is 1. The summed E-state index contributed by atoms with van der Waals surface area (Å²) in [5.41, 5.74) is 2.24. The van der Waals surface area contributed by atoms with Gasteiger partial charge in [0.05, 0.1) is 18.7 Å². The molecule has 3 aromatic carbocycles. The van der Waals surface area contributed by atoms with Crippen LogP contribution in [0.3, 0.4) is 0 Å². The molecule has 1 aliphatic carbocycles. The van der Waals surface area contributed by atoms with E-state index in [2.05, 4.69) is 10.6 Å². The molecule has 4 N–H and O–H groups in total. The molecule has 5 rings (SSSR count). The van der Waals surface area contributed by atoms with Gasteiger partial charge in [-0.2, -0.15) is 0 Å². The predicted molar refractivity (Wildman–Crippen MR) is 190 cm³/mol. The van der Waals surface area contributed by atoms with Crippen molar-refractivity contribution in [1.29, 1.82) is 0 Å². The van der Waals surface area contributed by atoms with Crippen molar-refractivity contribution in [3.8, 4) is 5.75 Å². The summed E-state index contributed by atoms with van der Waals surface area (Å²) in [4.78, 5) is 51.6. The number of carboxylic acids is 1. The zero-order valence-corrected chi connectivity index (χ0v) is 29.1. The van der Waals surface area contributed by atoms with Crippen molar-refractivity contribution in [1.82, 2.24) is 10.6 Å². The van der Waals surface area contributed by atoms with Crippen LogP contribution in [0.25, 0.3) is 0 Å². The Labute approximate surface area is 299 Å². The van der Waals surface area contributed by atoms with Gasteiger partial charge >= 0.3 is 5.97 Å². The summed E-state index contributed by atoms with van der Waals surface area (Å²) in [6.07, 6.45) is 4.82. The van der Waals surface area contributed by atoms with E-state index in [1.807, 2.05) is 12.1 Å². The fourth-order valence-electron chi connectivity index (χ4n) is 6.18. The highest BCUT2D eigenvalue weighted by atomic mass is 35.5. The third-order valence-corrected chi connectivity index (χ3v) is 10.6. The Morgan fingerprint density at radius 1 is 0.898 bits per heavy atom. The van der Waals surface area contributed by atoms with Crippen LogP contribution in [0.15, 0.2) is 72.8 Å². The van der Waals surface area contributed by atoms with Gasteiger partial charge in [-0.1, -0.05) is 79.6 Å². The van der Waals surface area contributed by atoms with Crippen molar-refractivity contribution in [3.05, 3.63) is 94.0 Å². The molecule has 3 amide bonds.